The summed E-state index contributed by atoms with van der Waals surface area (Å²) < 4.78 is 0. The fourth-order valence-corrected chi connectivity index (χ4v) is 1.21. The van der Waals surface area contributed by atoms with Gasteiger partial charge in [-0.3, -0.25) is 4.79 Å². The van der Waals surface area contributed by atoms with Crippen LogP contribution in [0.15, 0.2) is 12.1 Å². The fraction of sp³-hybridized carbons (Fsp3) is 0.364. The van der Waals surface area contributed by atoms with E-state index in [1.165, 1.54) is 12.1 Å². The van der Waals surface area contributed by atoms with E-state index in [0.29, 0.717) is 11.3 Å². The Morgan fingerprint density at radius 2 is 2.18 bits per heavy atom. The topological polar surface area (TPSA) is 106 Å². The van der Waals surface area contributed by atoms with E-state index in [2.05, 4.69) is 10.3 Å². The number of carbonyl (C=O) groups is 1. The van der Waals surface area contributed by atoms with Crippen molar-refractivity contribution in [3.8, 4) is 6.07 Å². The molecule has 1 heterocycles. The summed E-state index contributed by atoms with van der Waals surface area (Å²) in [6.07, 6.45) is 0. The van der Waals surface area contributed by atoms with Crippen LogP contribution in [0.1, 0.15) is 21.7 Å². The van der Waals surface area contributed by atoms with Crippen LogP contribution >= 0.6 is 0 Å². The van der Waals surface area contributed by atoms with Gasteiger partial charge in [-0.1, -0.05) is 0 Å². The monoisotopic (exact) mass is 235 g/mol. The maximum absolute atomic E-state index is 11.6. The van der Waals surface area contributed by atoms with Gasteiger partial charge in [-0.05, 0) is 19.1 Å². The Bertz CT molecular complexity index is 450. The summed E-state index contributed by atoms with van der Waals surface area (Å²) in [7, 11) is 0. The number of amides is 1. The Labute approximate surface area is 98.5 Å². The molecule has 90 valence electrons. The lowest BCUT2D eigenvalue weighted by atomic mass is 10.2. The van der Waals surface area contributed by atoms with Gasteiger partial charge in [0.25, 0.3) is 5.91 Å². The summed E-state index contributed by atoms with van der Waals surface area (Å²) in [5.41, 5.74) is 1.01. The first-order valence-corrected chi connectivity index (χ1v) is 5.02. The van der Waals surface area contributed by atoms with Crippen LogP contribution in [0.2, 0.25) is 0 Å². The SMILES string of the molecule is Cc1nc(C(=O)NC(CO)CO)ccc1C#N. The number of rotatable bonds is 4. The van der Waals surface area contributed by atoms with Crippen molar-refractivity contribution in [1.82, 2.24) is 10.3 Å². The molecular formula is C11H13N3O3. The van der Waals surface area contributed by atoms with Crippen molar-refractivity contribution in [3.63, 3.8) is 0 Å². The molecule has 0 saturated heterocycles. The second kappa shape index (κ2) is 5.94. The average Bonchev–Trinajstić information content (AvgIpc) is 2.35. The summed E-state index contributed by atoms with van der Waals surface area (Å²) in [5.74, 6) is -0.495. The number of nitrogens with one attached hydrogen (secondary N) is 1. The van der Waals surface area contributed by atoms with E-state index < -0.39 is 11.9 Å². The van der Waals surface area contributed by atoms with Gasteiger partial charge in [0.05, 0.1) is 30.5 Å². The van der Waals surface area contributed by atoms with Crippen LogP contribution < -0.4 is 5.32 Å². The third kappa shape index (κ3) is 3.24. The summed E-state index contributed by atoms with van der Waals surface area (Å²) >= 11 is 0. The highest BCUT2D eigenvalue weighted by Crippen LogP contribution is 2.05. The Morgan fingerprint density at radius 1 is 1.53 bits per heavy atom. The smallest absolute Gasteiger partial charge is 0.270 e. The van der Waals surface area contributed by atoms with Crippen LogP contribution in [0, 0.1) is 18.3 Å². The van der Waals surface area contributed by atoms with Crippen LogP contribution in [0.3, 0.4) is 0 Å². The molecule has 0 atom stereocenters. The molecule has 1 amide bonds. The Morgan fingerprint density at radius 3 is 2.65 bits per heavy atom. The molecule has 6 nitrogen and oxygen atoms in total. The molecule has 0 aliphatic carbocycles. The van der Waals surface area contributed by atoms with Crippen molar-refractivity contribution in [2.45, 2.75) is 13.0 Å². The molecule has 0 aliphatic rings. The molecule has 0 saturated carbocycles. The van der Waals surface area contributed by atoms with E-state index in [9.17, 15) is 4.79 Å². The molecule has 0 aromatic carbocycles. The number of nitriles is 1. The maximum atomic E-state index is 11.6. The number of pyridine rings is 1. The zero-order valence-corrected chi connectivity index (χ0v) is 9.34. The minimum Gasteiger partial charge on any atom is -0.394 e. The van der Waals surface area contributed by atoms with Gasteiger partial charge in [0.1, 0.15) is 11.8 Å². The summed E-state index contributed by atoms with van der Waals surface area (Å²) in [6.45, 7) is 0.930. The fourth-order valence-electron chi connectivity index (χ4n) is 1.21. The average molecular weight is 235 g/mol. The quantitative estimate of drug-likeness (QED) is 0.642. The van der Waals surface area contributed by atoms with Gasteiger partial charge in [-0.15, -0.1) is 0 Å². The first-order valence-electron chi connectivity index (χ1n) is 5.02. The minimum absolute atomic E-state index is 0.147. The molecule has 1 aromatic heterocycles. The lowest BCUT2D eigenvalue weighted by Crippen LogP contribution is -2.40. The van der Waals surface area contributed by atoms with E-state index in [-0.39, 0.29) is 18.9 Å². The zero-order valence-electron chi connectivity index (χ0n) is 9.34. The highest BCUT2D eigenvalue weighted by molar-refractivity contribution is 5.92. The van der Waals surface area contributed by atoms with Crippen molar-refractivity contribution < 1.29 is 15.0 Å². The first-order chi connectivity index (χ1) is 8.12. The lowest BCUT2D eigenvalue weighted by Gasteiger charge is -2.13. The highest BCUT2D eigenvalue weighted by Gasteiger charge is 2.13. The second-order valence-corrected chi connectivity index (χ2v) is 3.48. The number of aliphatic hydroxyl groups excluding tert-OH is 2. The number of aromatic nitrogens is 1. The number of aliphatic hydroxyl groups is 2. The number of nitrogens with zero attached hydrogens (tertiary/aromatic N) is 2. The van der Waals surface area contributed by atoms with Gasteiger partial charge in [-0.2, -0.15) is 5.26 Å². The molecular weight excluding hydrogens is 222 g/mol. The first kappa shape index (κ1) is 13.1. The Hall–Kier alpha value is -1.97. The minimum atomic E-state index is -0.708. The number of aryl methyl sites for hydroxylation is 1. The Balaban J connectivity index is 2.84. The molecule has 1 rings (SSSR count). The summed E-state index contributed by atoms with van der Waals surface area (Å²) in [6, 6.07) is 4.17. The number of hydrogen-bond donors (Lipinski definition) is 3. The third-order valence-corrected chi connectivity index (χ3v) is 2.21. The molecule has 0 fully saturated rings. The van der Waals surface area contributed by atoms with Crippen LogP contribution in [0.5, 0.6) is 0 Å². The van der Waals surface area contributed by atoms with E-state index in [4.69, 9.17) is 15.5 Å². The predicted octanol–water partition coefficient (Wildman–Crippen LogP) is -0.655. The van der Waals surface area contributed by atoms with E-state index in [1.807, 2.05) is 6.07 Å². The molecule has 6 heteroatoms. The summed E-state index contributed by atoms with van der Waals surface area (Å²) in [4.78, 5) is 15.6. The molecule has 3 N–H and O–H groups in total. The van der Waals surface area contributed by atoms with E-state index in [1.54, 1.807) is 6.92 Å². The van der Waals surface area contributed by atoms with Crippen molar-refractivity contribution in [3.05, 3.63) is 29.1 Å². The lowest BCUT2D eigenvalue weighted by molar-refractivity contribution is 0.0874. The molecule has 0 radical (unpaired) electrons. The largest absolute Gasteiger partial charge is 0.394 e. The molecule has 17 heavy (non-hydrogen) atoms. The third-order valence-electron chi connectivity index (χ3n) is 2.21. The standard InChI is InChI=1S/C11H13N3O3/c1-7-8(4-12)2-3-10(13-7)11(17)14-9(5-15)6-16/h2-3,9,15-16H,5-6H2,1H3,(H,14,17). The van der Waals surface area contributed by atoms with Crippen molar-refractivity contribution in [1.29, 1.82) is 5.26 Å². The second-order valence-electron chi connectivity index (χ2n) is 3.48. The van der Waals surface area contributed by atoms with Crippen molar-refractivity contribution in [2.75, 3.05) is 13.2 Å². The van der Waals surface area contributed by atoms with Gasteiger partial charge < -0.3 is 15.5 Å². The number of hydrogen-bond acceptors (Lipinski definition) is 5. The van der Waals surface area contributed by atoms with Gasteiger partial charge in [0, 0.05) is 0 Å². The summed E-state index contributed by atoms with van der Waals surface area (Å²) in [5, 5.41) is 28.8. The van der Waals surface area contributed by atoms with Crippen LogP contribution in [-0.4, -0.2) is 40.4 Å². The molecule has 0 aliphatic heterocycles. The van der Waals surface area contributed by atoms with Gasteiger partial charge in [-0.25, -0.2) is 4.98 Å². The Kier molecular flexibility index (Phi) is 4.57. The van der Waals surface area contributed by atoms with Crippen LogP contribution in [0.4, 0.5) is 0 Å². The van der Waals surface area contributed by atoms with Gasteiger partial charge in [0.2, 0.25) is 0 Å². The number of carbonyl (C=O) groups excluding carboxylic acids is 1. The van der Waals surface area contributed by atoms with Crippen LogP contribution in [-0.2, 0) is 0 Å². The highest BCUT2D eigenvalue weighted by atomic mass is 16.3. The normalized spacial score (nSPS) is 10.1. The maximum Gasteiger partial charge on any atom is 0.270 e. The van der Waals surface area contributed by atoms with Crippen molar-refractivity contribution in [2.24, 2.45) is 0 Å². The molecule has 0 bridgehead atoms. The molecule has 1 aromatic rings. The van der Waals surface area contributed by atoms with E-state index in [0.717, 1.165) is 0 Å². The van der Waals surface area contributed by atoms with Gasteiger partial charge >= 0.3 is 0 Å². The zero-order chi connectivity index (χ0) is 12.8. The molecule has 0 unspecified atom stereocenters. The van der Waals surface area contributed by atoms with Crippen molar-refractivity contribution >= 4 is 5.91 Å². The van der Waals surface area contributed by atoms with E-state index >= 15 is 0 Å². The predicted molar refractivity (Wildman–Crippen MR) is 59.1 cm³/mol. The van der Waals surface area contributed by atoms with Gasteiger partial charge in [0.15, 0.2) is 0 Å². The molecule has 0 spiro atoms. The van der Waals surface area contributed by atoms with Crippen LogP contribution in [0.25, 0.3) is 0 Å².